The van der Waals surface area contributed by atoms with Gasteiger partial charge in [-0.25, -0.2) is 0 Å². The summed E-state index contributed by atoms with van der Waals surface area (Å²) in [6, 6.07) is 0. The van der Waals surface area contributed by atoms with Crippen LogP contribution in [0.3, 0.4) is 0 Å². The first-order valence-electron chi connectivity index (χ1n) is 2.30. The third kappa shape index (κ3) is 3270. The second-order valence-corrected chi connectivity index (χ2v) is 1.42. The Morgan fingerprint density at radius 2 is 1.50 bits per heavy atom. The molecule has 0 aliphatic rings. The predicted molar refractivity (Wildman–Crippen MR) is 34.6 cm³/mol. The van der Waals surface area contributed by atoms with Gasteiger partial charge >= 0.3 is 0 Å². The fourth-order valence-corrected chi connectivity index (χ4v) is 0. The van der Waals surface area contributed by atoms with E-state index in [1.807, 2.05) is 20.3 Å². The van der Waals surface area contributed by atoms with Gasteiger partial charge < -0.3 is 12.2 Å². The molecule has 0 aliphatic carbocycles. The monoisotopic (exact) mass is 284 g/mol. The molecule has 0 aromatic rings. The second kappa shape index (κ2) is 15.7. The number of allylic oxidation sites excluding steroid dienone is 1. The molecule has 0 bridgehead atoms. The van der Waals surface area contributed by atoms with Gasteiger partial charge in [-0.3, -0.25) is 0 Å². The minimum absolute atomic E-state index is 0. The minimum atomic E-state index is 0. The van der Waals surface area contributed by atoms with Gasteiger partial charge in [0.1, 0.15) is 0 Å². The van der Waals surface area contributed by atoms with E-state index >= 15 is 0 Å². The molecule has 50 valence electrons. The molecule has 0 unspecified atom stereocenters. The average Bonchev–Trinajstić information content (AvgIpc) is 1.33. The van der Waals surface area contributed by atoms with Crippen molar-refractivity contribution in [3.05, 3.63) is 18.7 Å². The van der Waals surface area contributed by atoms with Crippen molar-refractivity contribution in [2.45, 2.75) is 20.8 Å². The molecule has 0 radical (unpaired) electrons. The summed E-state index contributed by atoms with van der Waals surface area (Å²) in [6.07, 6.45) is 2.00. The maximum atomic E-state index is 4.92. The smallest absolute Gasteiger partial charge is 0 e. The summed E-state index contributed by atoms with van der Waals surface area (Å²) in [5.74, 6) is 0. The second-order valence-electron chi connectivity index (χ2n) is 1.42. The largest absolute Gasteiger partial charge is 0.403 e. The van der Waals surface area contributed by atoms with Crippen molar-refractivity contribution in [1.29, 1.82) is 0 Å². The van der Waals surface area contributed by atoms with Gasteiger partial charge in [-0.1, -0.05) is 6.58 Å². The first-order chi connectivity index (χ1) is 3.15. The maximum Gasteiger partial charge on any atom is 0 e. The van der Waals surface area contributed by atoms with E-state index in [9.17, 15) is 0 Å². The maximum absolute atomic E-state index is 4.92. The number of nitrogens with two attached hydrogens (primary N) is 1. The molecule has 0 rings (SSSR count). The molecule has 0 aromatic carbocycles. The van der Waals surface area contributed by atoms with E-state index in [0.717, 1.165) is 0 Å². The fourth-order valence-electron chi connectivity index (χ4n) is 0. The van der Waals surface area contributed by atoms with Gasteiger partial charge in [0, 0.05) is 21.1 Å². The molecule has 2 heteroatoms. The van der Waals surface area contributed by atoms with Crippen LogP contribution in [-0.4, -0.2) is 0 Å². The van der Waals surface area contributed by atoms with Gasteiger partial charge in [0.15, 0.2) is 0 Å². The van der Waals surface area contributed by atoms with Gasteiger partial charge in [0.25, 0.3) is 0 Å². The predicted octanol–water partition coefficient (Wildman–Crippen LogP) is 1.71. The van der Waals surface area contributed by atoms with Gasteiger partial charge in [-0.05, 0) is 12.6 Å². The molecule has 0 amide bonds. The van der Waals surface area contributed by atoms with E-state index in [1.54, 1.807) is 6.92 Å². The number of hydrogen-bond acceptors (Lipinski definition) is 1. The zero-order valence-electron chi connectivity index (χ0n) is 5.77. The van der Waals surface area contributed by atoms with Crippen LogP contribution in [0.2, 0.25) is 0 Å². The molecule has 0 saturated heterocycles. The Kier molecular flexibility index (Phi) is 30.8. The van der Waals surface area contributed by atoms with Crippen LogP contribution in [0.25, 0.3) is 0 Å². The Morgan fingerprint density at radius 3 is 1.50 bits per heavy atom. The third-order valence-electron chi connectivity index (χ3n) is 0. The number of rotatable bonds is 0. The summed E-state index contributed by atoms with van der Waals surface area (Å²) < 4.78 is 0. The molecule has 0 heterocycles. The molecule has 0 aliphatic heterocycles. The molecule has 8 heavy (non-hydrogen) atoms. The van der Waals surface area contributed by atoms with Crippen molar-refractivity contribution in [2.75, 3.05) is 0 Å². The first kappa shape index (κ1) is 15.7. The van der Waals surface area contributed by atoms with E-state index in [-0.39, 0.29) is 21.1 Å². The van der Waals surface area contributed by atoms with Crippen LogP contribution in [0.15, 0.2) is 12.3 Å². The molecule has 0 atom stereocenters. The topological polar surface area (TPSA) is 26.0 Å². The van der Waals surface area contributed by atoms with Crippen molar-refractivity contribution in [1.82, 2.24) is 0 Å². The van der Waals surface area contributed by atoms with Gasteiger partial charge in [-0.15, -0.1) is 0 Å². The average molecular weight is 284 g/mol. The summed E-state index contributed by atoms with van der Waals surface area (Å²) in [6.45, 7) is 9.08. The molecule has 2 N–H and O–H groups in total. The van der Waals surface area contributed by atoms with E-state index in [2.05, 4.69) is 6.58 Å². The van der Waals surface area contributed by atoms with Crippen LogP contribution in [0, 0.1) is 6.42 Å². The van der Waals surface area contributed by atoms with E-state index in [4.69, 9.17) is 5.73 Å². The molecule has 1 nitrogen and oxygen atoms in total. The van der Waals surface area contributed by atoms with E-state index in [1.165, 1.54) is 0 Å². The molecular weight excluding hydrogens is 270 g/mol. The van der Waals surface area contributed by atoms with Crippen LogP contribution in [0.4, 0.5) is 0 Å². The quantitative estimate of drug-likeness (QED) is 0.673. The van der Waals surface area contributed by atoms with Crippen molar-refractivity contribution in [2.24, 2.45) is 5.73 Å². The zero-order valence-corrected chi connectivity index (χ0v) is 8.70. The van der Waals surface area contributed by atoms with Crippen molar-refractivity contribution >= 4 is 0 Å². The summed E-state index contributed by atoms with van der Waals surface area (Å²) in [5.41, 5.74) is 5.58. The summed E-state index contributed by atoms with van der Waals surface area (Å²) in [5, 5.41) is 0. The van der Waals surface area contributed by atoms with Gasteiger partial charge in [-0.2, -0.15) is 13.8 Å². The van der Waals surface area contributed by atoms with Crippen LogP contribution in [0.1, 0.15) is 20.8 Å². The van der Waals surface area contributed by atoms with Crippen LogP contribution >= 0.6 is 0 Å². The number of hydrogen-bond donors (Lipinski definition) is 1. The Morgan fingerprint density at radius 1 is 1.50 bits per heavy atom. The van der Waals surface area contributed by atoms with Crippen molar-refractivity contribution in [3.63, 3.8) is 0 Å². The Hall–Kier alpha value is 0.228. The van der Waals surface area contributed by atoms with Crippen LogP contribution in [0.5, 0.6) is 0 Å². The summed E-state index contributed by atoms with van der Waals surface area (Å²) >= 11 is 0. The van der Waals surface area contributed by atoms with Gasteiger partial charge in [0.05, 0.1) is 0 Å². The zero-order chi connectivity index (χ0) is 6.28. The molecule has 0 saturated carbocycles. The van der Waals surface area contributed by atoms with E-state index in [0.29, 0.717) is 5.70 Å². The fraction of sp³-hybridized carbons (Fsp3) is 0.500. The first-order valence-corrected chi connectivity index (χ1v) is 2.30. The van der Waals surface area contributed by atoms with Gasteiger partial charge in [0.2, 0.25) is 0 Å². The van der Waals surface area contributed by atoms with Crippen molar-refractivity contribution in [3.8, 4) is 0 Å². The Balaban J connectivity index is -0.0000000575. The Bertz CT molecular complexity index is 39.8. The molecular formula is C6H14NW-. The van der Waals surface area contributed by atoms with E-state index < -0.39 is 0 Å². The normalized spacial score (nSPS) is 5.38. The van der Waals surface area contributed by atoms with Crippen molar-refractivity contribution < 1.29 is 21.1 Å². The van der Waals surface area contributed by atoms with Crippen LogP contribution in [-0.2, 0) is 21.1 Å². The molecule has 0 aromatic heterocycles. The third-order valence-corrected chi connectivity index (χ3v) is 0. The Labute approximate surface area is 66.6 Å². The minimum Gasteiger partial charge on any atom is -0.403 e. The molecule has 0 spiro atoms. The summed E-state index contributed by atoms with van der Waals surface area (Å²) in [7, 11) is 0. The standard InChI is InChI=1S/C3H7N.C3H7.W/c1-3(2)4;1-3-2;/h1,4H2,2H3;3H,1-2H3;/q;-1;. The van der Waals surface area contributed by atoms with Crippen LogP contribution < -0.4 is 5.73 Å². The summed E-state index contributed by atoms with van der Waals surface area (Å²) in [4.78, 5) is 0. The molecule has 0 fully saturated rings. The SMILES string of the molecule is C=C(C)N.C[CH-]C.[W].